The van der Waals surface area contributed by atoms with Gasteiger partial charge in [-0.25, -0.2) is 0 Å². The molecular formula is C7H5NO2. The maximum atomic E-state index is 10.6. The van der Waals surface area contributed by atoms with E-state index >= 15 is 0 Å². The van der Waals surface area contributed by atoms with E-state index in [9.17, 15) is 4.79 Å². The Labute approximate surface area is 57.7 Å². The molecule has 0 aliphatic carbocycles. The van der Waals surface area contributed by atoms with Crippen LogP contribution in [-0.4, -0.2) is 12.2 Å². The second-order valence-electron chi connectivity index (χ2n) is 2.11. The molecule has 0 saturated heterocycles. The molecule has 0 unspecified atom stereocenters. The van der Waals surface area contributed by atoms with Crippen LogP contribution in [0.1, 0.15) is 6.42 Å². The van der Waals surface area contributed by atoms with E-state index in [4.69, 9.17) is 4.74 Å². The lowest BCUT2D eigenvalue weighted by Gasteiger charge is -2.08. The molecule has 0 atom stereocenters. The highest BCUT2D eigenvalue weighted by molar-refractivity contribution is 5.91. The number of hydrogen-bond acceptors (Lipinski definition) is 3. The van der Waals surface area contributed by atoms with Crippen molar-refractivity contribution in [1.29, 1.82) is 0 Å². The van der Waals surface area contributed by atoms with E-state index in [1.807, 2.05) is 6.08 Å². The van der Waals surface area contributed by atoms with Crippen LogP contribution in [0.5, 0.6) is 0 Å². The molecule has 2 aliphatic rings. The minimum absolute atomic E-state index is 0.208. The summed E-state index contributed by atoms with van der Waals surface area (Å²) in [5.74, 6) is 0.372. The zero-order valence-corrected chi connectivity index (χ0v) is 5.20. The smallest absolute Gasteiger partial charge is 0.315 e. The number of esters is 1. The van der Waals surface area contributed by atoms with E-state index in [1.165, 1.54) is 0 Å². The maximum absolute atomic E-state index is 10.6. The first-order valence-electron chi connectivity index (χ1n) is 3.01. The fraction of sp³-hybridized carbons (Fsp3) is 0.143. The molecule has 0 radical (unpaired) electrons. The van der Waals surface area contributed by atoms with Crippen LogP contribution in [0.25, 0.3) is 0 Å². The number of hydrogen-bond donors (Lipinski definition) is 0. The Kier molecular flexibility index (Phi) is 0.974. The van der Waals surface area contributed by atoms with Crippen LogP contribution < -0.4 is 0 Å². The number of aliphatic imine (C=N–C) groups is 1. The van der Waals surface area contributed by atoms with Crippen molar-refractivity contribution in [3.05, 3.63) is 23.6 Å². The van der Waals surface area contributed by atoms with Gasteiger partial charge in [-0.2, -0.15) is 0 Å². The summed E-state index contributed by atoms with van der Waals surface area (Å²) in [6.07, 6.45) is 5.40. The van der Waals surface area contributed by atoms with E-state index in [1.54, 1.807) is 12.4 Å². The molecule has 3 nitrogen and oxygen atoms in total. The van der Waals surface area contributed by atoms with Crippen molar-refractivity contribution in [2.75, 3.05) is 0 Å². The van der Waals surface area contributed by atoms with Crippen molar-refractivity contribution in [1.82, 2.24) is 0 Å². The summed E-state index contributed by atoms with van der Waals surface area (Å²) in [7, 11) is 0. The Morgan fingerprint density at radius 1 is 1.60 bits per heavy atom. The Bertz CT molecular complexity index is 273. The van der Waals surface area contributed by atoms with Gasteiger partial charge in [0.15, 0.2) is 5.76 Å². The third kappa shape index (κ3) is 0.673. The average molecular weight is 135 g/mol. The summed E-state index contributed by atoms with van der Waals surface area (Å²) in [6, 6.07) is 0. The summed E-state index contributed by atoms with van der Waals surface area (Å²) < 4.78 is 4.84. The van der Waals surface area contributed by atoms with Crippen LogP contribution in [-0.2, 0) is 9.53 Å². The number of carbonyl (C=O) groups excluding carboxylic acids is 1. The third-order valence-corrected chi connectivity index (χ3v) is 1.40. The molecule has 2 heterocycles. The highest BCUT2D eigenvalue weighted by Gasteiger charge is 2.18. The molecule has 0 bridgehead atoms. The number of fused-ring (bicyclic) bond motifs is 1. The molecular weight excluding hydrogens is 130 g/mol. The fourth-order valence-electron chi connectivity index (χ4n) is 0.920. The van der Waals surface area contributed by atoms with Crippen LogP contribution in [0, 0.1) is 0 Å². The van der Waals surface area contributed by atoms with Gasteiger partial charge in [0.05, 0.1) is 12.6 Å². The third-order valence-electron chi connectivity index (χ3n) is 1.40. The van der Waals surface area contributed by atoms with Crippen molar-refractivity contribution in [3.8, 4) is 0 Å². The zero-order valence-electron chi connectivity index (χ0n) is 5.20. The van der Waals surface area contributed by atoms with Gasteiger partial charge in [-0.05, 0) is 0 Å². The summed E-state index contributed by atoms with van der Waals surface area (Å²) in [4.78, 5) is 14.5. The van der Waals surface area contributed by atoms with Gasteiger partial charge >= 0.3 is 5.97 Å². The number of carbonyl (C=O) groups is 1. The van der Waals surface area contributed by atoms with Crippen LogP contribution in [0.3, 0.4) is 0 Å². The first kappa shape index (κ1) is 5.41. The van der Waals surface area contributed by atoms with Crippen molar-refractivity contribution in [2.45, 2.75) is 6.42 Å². The lowest BCUT2D eigenvalue weighted by atomic mass is 10.2. The number of nitrogens with zero attached hydrogens (tertiary/aromatic N) is 1. The van der Waals surface area contributed by atoms with Crippen molar-refractivity contribution in [3.63, 3.8) is 0 Å². The predicted molar refractivity (Wildman–Crippen MR) is 35.4 cm³/mol. The summed E-state index contributed by atoms with van der Waals surface area (Å²) in [6.45, 7) is 0. The molecule has 2 rings (SSSR count). The SMILES string of the molecule is O=C1CC=C2C=NC=C2O1. The van der Waals surface area contributed by atoms with Crippen LogP contribution in [0.2, 0.25) is 0 Å². The molecule has 0 aromatic rings. The molecule has 0 aromatic heterocycles. The highest BCUT2D eigenvalue weighted by Crippen LogP contribution is 2.20. The Balaban J connectivity index is 2.39. The standard InChI is InChI=1S/C7H5NO2/c9-7-2-1-5-3-8-4-6(5)10-7/h1,3-4H,2H2. The van der Waals surface area contributed by atoms with E-state index in [0.29, 0.717) is 12.2 Å². The Morgan fingerprint density at radius 2 is 2.50 bits per heavy atom. The highest BCUT2D eigenvalue weighted by atomic mass is 16.5. The minimum Gasteiger partial charge on any atom is -0.424 e. The average Bonchev–Trinajstić information content (AvgIpc) is 2.33. The molecule has 10 heavy (non-hydrogen) atoms. The van der Waals surface area contributed by atoms with Gasteiger partial charge in [0.2, 0.25) is 0 Å². The molecule has 0 amide bonds. The molecule has 0 fully saturated rings. The zero-order chi connectivity index (χ0) is 6.97. The van der Waals surface area contributed by atoms with Gasteiger partial charge in [-0.15, -0.1) is 0 Å². The van der Waals surface area contributed by atoms with Gasteiger partial charge in [-0.3, -0.25) is 9.79 Å². The van der Waals surface area contributed by atoms with E-state index in [2.05, 4.69) is 4.99 Å². The number of allylic oxidation sites excluding steroid dienone is 1. The number of ether oxygens (including phenoxy) is 1. The Morgan fingerprint density at radius 3 is 3.40 bits per heavy atom. The lowest BCUT2D eigenvalue weighted by Crippen LogP contribution is -2.09. The molecule has 2 aliphatic heterocycles. The van der Waals surface area contributed by atoms with Crippen molar-refractivity contribution in [2.24, 2.45) is 4.99 Å². The largest absolute Gasteiger partial charge is 0.424 e. The predicted octanol–water partition coefficient (Wildman–Crippen LogP) is 0.785. The second kappa shape index (κ2) is 1.80. The van der Waals surface area contributed by atoms with Gasteiger partial charge in [0, 0.05) is 11.8 Å². The molecule has 0 aromatic carbocycles. The van der Waals surface area contributed by atoms with Crippen LogP contribution >= 0.6 is 0 Å². The van der Waals surface area contributed by atoms with Crippen molar-refractivity contribution < 1.29 is 9.53 Å². The molecule has 50 valence electrons. The van der Waals surface area contributed by atoms with Crippen molar-refractivity contribution >= 4 is 12.2 Å². The van der Waals surface area contributed by atoms with Gasteiger partial charge in [-0.1, -0.05) is 6.08 Å². The van der Waals surface area contributed by atoms with Gasteiger partial charge in [0.25, 0.3) is 0 Å². The fourth-order valence-corrected chi connectivity index (χ4v) is 0.920. The van der Waals surface area contributed by atoms with Crippen LogP contribution in [0.15, 0.2) is 28.6 Å². The van der Waals surface area contributed by atoms with Gasteiger partial charge in [0.1, 0.15) is 0 Å². The molecule has 0 N–H and O–H groups in total. The monoisotopic (exact) mass is 135 g/mol. The summed E-state index contributed by atoms with van der Waals surface area (Å²) in [5.41, 5.74) is 0.916. The minimum atomic E-state index is -0.208. The Hall–Kier alpha value is -1.38. The normalized spacial score (nSPS) is 21.4. The molecule has 0 spiro atoms. The first-order chi connectivity index (χ1) is 4.86. The second-order valence-corrected chi connectivity index (χ2v) is 2.11. The molecule has 3 heteroatoms. The van der Waals surface area contributed by atoms with E-state index < -0.39 is 0 Å². The topological polar surface area (TPSA) is 38.7 Å². The summed E-state index contributed by atoms with van der Waals surface area (Å²) in [5, 5.41) is 0. The van der Waals surface area contributed by atoms with E-state index in [-0.39, 0.29) is 5.97 Å². The van der Waals surface area contributed by atoms with E-state index in [0.717, 1.165) is 5.57 Å². The lowest BCUT2D eigenvalue weighted by molar-refractivity contribution is -0.138. The van der Waals surface area contributed by atoms with Crippen LogP contribution in [0.4, 0.5) is 0 Å². The van der Waals surface area contributed by atoms with Gasteiger partial charge < -0.3 is 4.74 Å². The maximum Gasteiger partial charge on any atom is 0.315 e. The summed E-state index contributed by atoms with van der Waals surface area (Å²) >= 11 is 0. The quantitative estimate of drug-likeness (QED) is 0.460. The first-order valence-corrected chi connectivity index (χ1v) is 3.01. The number of rotatable bonds is 0. The molecule has 0 saturated carbocycles.